The zero-order valence-corrected chi connectivity index (χ0v) is 16.1. The van der Waals surface area contributed by atoms with Crippen LogP contribution >= 0.6 is 0 Å². The molecule has 1 atom stereocenters. The van der Waals surface area contributed by atoms with Crippen molar-refractivity contribution in [2.75, 3.05) is 33.9 Å². The predicted molar refractivity (Wildman–Crippen MR) is 106 cm³/mol. The number of benzene rings is 2. The van der Waals surface area contributed by atoms with Gasteiger partial charge in [0.25, 0.3) is 0 Å². The molecular formula is C22H28N2O3. The zero-order valence-electron chi connectivity index (χ0n) is 16.1. The number of amides is 1. The number of carbonyl (C=O) groups excluding carboxylic acids is 1. The highest BCUT2D eigenvalue weighted by Gasteiger charge is 2.25. The van der Waals surface area contributed by atoms with Crippen molar-refractivity contribution in [3.05, 3.63) is 59.7 Å². The smallest absolute Gasteiger partial charge is 0.224 e. The normalized spacial score (nSPS) is 15.3. The lowest BCUT2D eigenvalue weighted by Crippen LogP contribution is -2.37. The molecule has 2 aromatic carbocycles. The number of methoxy groups -OCH3 is 2. The number of likely N-dealkylation sites (tertiary alicyclic amines) is 1. The Kier molecular flexibility index (Phi) is 6.71. The average molecular weight is 368 g/mol. The van der Waals surface area contributed by atoms with E-state index in [1.54, 1.807) is 14.2 Å². The standard InChI is InChI=1S/C22H28N2O3/c1-26-20-11-10-18(15-21(20)27-2)19(24-12-6-7-13-24)16-23-22(25)14-17-8-4-3-5-9-17/h3-5,8-11,15,19H,6-7,12-14,16H2,1-2H3,(H,23,25). The summed E-state index contributed by atoms with van der Waals surface area (Å²) in [5.41, 5.74) is 2.16. The third-order valence-corrected chi connectivity index (χ3v) is 5.07. The van der Waals surface area contributed by atoms with Crippen LogP contribution in [0.15, 0.2) is 48.5 Å². The van der Waals surface area contributed by atoms with Crippen LogP contribution in [0.3, 0.4) is 0 Å². The minimum absolute atomic E-state index is 0.0471. The molecule has 0 spiro atoms. The van der Waals surface area contributed by atoms with Gasteiger partial charge in [-0.15, -0.1) is 0 Å². The Balaban J connectivity index is 1.71. The van der Waals surface area contributed by atoms with Crippen molar-refractivity contribution in [3.63, 3.8) is 0 Å². The van der Waals surface area contributed by atoms with Gasteiger partial charge in [-0.05, 0) is 49.2 Å². The van der Waals surface area contributed by atoms with Gasteiger partial charge in [-0.25, -0.2) is 0 Å². The fourth-order valence-corrected chi connectivity index (χ4v) is 3.63. The van der Waals surface area contributed by atoms with Crippen LogP contribution in [0, 0.1) is 0 Å². The van der Waals surface area contributed by atoms with E-state index in [9.17, 15) is 4.79 Å². The lowest BCUT2D eigenvalue weighted by atomic mass is 10.0. The van der Waals surface area contributed by atoms with Crippen LogP contribution in [0.2, 0.25) is 0 Å². The minimum atomic E-state index is 0.0471. The van der Waals surface area contributed by atoms with Crippen LogP contribution in [0.1, 0.15) is 30.0 Å². The Morgan fingerprint density at radius 2 is 1.74 bits per heavy atom. The first-order chi connectivity index (χ1) is 13.2. The molecule has 5 heteroatoms. The monoisotopic (exact) mass is 368 g/mol. The van der Waals surface area contributed by atoms with E-state index in [4.69, 9.17) is 9.47 Å². The molecule has 5 nitrogen and oxygen atoms in total. The molecule has 27 heavy (non-hydrogen) atoms. The molecule has 3 rings (SSSR count). The van der Waals surface area contributed by atoms with Gasteiger partial charge in [0.1, 0.15) is 0 Å². The van der Waals surface area contributed by atoms with Gasteiger partial charge in [0.15, 0.2) is 11.5 Å². The molecule has 0 aromatic heterocycles. The molecule has 1 aliphatic heterocycles. The molecule has 0 radical (unpaired) electrons. The highest BCUT2D eigenvalue weighted by Crippen LogP contribution is 2.33. The second-order valence-corrected chi connectivity index (χ2v) is 6.84. The van der Waals surface area contributed by atoms with E-state index in [0.29, 0.717) is 13.0 Å². The summed E-state index contributed by atoms with van der Waals surface area (Å²) < 4.78 is 10.8. The summed E-state index contributed by atoms with van der Waals surface area (Å²) in [5, 5.41) is 3.12. The molecule has 144 valence electrons. The first-order valence-electron chi connectivity index (χ1n) is 9.48. The van der Waals surface area contributed by atoms with Gasteiger partial charge >= 0.3 is 0 Å². The van der Waals surface area contributed by atoms with Crippen molar-refractivity contribution >= 4 is 5.91 Å². The molecular weight excluding hydrogens is 340 g/mol. The van der Waals surface area contributed by atoms with Gasteiger partial charge in [0, 0.05) is 6.54 Å². The molecule has 1 N–H and O–H groups in total. The maximum Gasteiger partial charge on any atom is 0.224 e. The number of hydrogen-bond acceptors (Lipinski definition) is 4. The number of hydrogen-bond donors (Lipinski definition) is 1. The van der Waals surface area contributed by atoms with E-state index in [1.807, 2.05) is 42.5 Å². The third-order valence-electron chi connectivity index (χ3n) is 5.07. The highest BCUT2D eigenvalue weighted by atomic mass is 16.5. The number of nitrogens with one attached hydrogen (secondary N) is 1. The van der Waals surface area contributed by atoms with Crippen LogP contribution in [-0.2, 0) is 11.2 Å². The molecule has 1 unspecified atom stereocenters. The van der Waals surface area contributed by atoms with Gasteiger partial charge in [0.2, 0.25) is 5.91 Å². The molecule has 1 amide bonds. The molecule has 0 aliphatic carbocycles. The maximum atomic E-state index is 12.4. The van der Waals surface area contributed by atoms with Crippen LogP contribution in [0.25, 0.3) is 0 Å². The zero-order chi connectivity index (χ0) is 19.1. The summed E-state index contributed by atoms with van der Waals surface area (Å²) in [6.45, 7) is 2.68. The molecule has 1 aliphatic rings. The molecule has 1 fully saturated rings. The van der Waals surface area contributed by atoms with E-state index >= 15 is 0 Å². The number of ether oxygens (including phenoxy) is 2. The predicted octanol–water partition coefficient (Wildman–Crippen LogP) is 3.20. The molecule has 0 saturated carbocycles. The number of carbonyl (C=O) groups is 1. The Bertz CT molecular complexity index is 742. The van der Waals surface area contributed by atoms with Crippen molar-refractivity contribution in [1.29, 1.82) is 0 Å². The van der Waals surface area contributed by atoms with Crippen molar-refractivity contribution in [2.24, 2.45) is 0 Å². The molecule has 1 saturated heterocycles. The second-order valence-electron chi connectivity index (χ2n) is 6.84. The largest absolute Gasteiger partial charge is 0.493 e. The lowest BCUT2D eigenvalue weighted by molar-refractivity contribution is -0.120. The van der Waals surface area contributed by atoms with Crippen molar-refractivity contribution in [3.8, 4) is 11.5 Å². The van der Waals surface area contributed by atoms with Crippen LogP contribution in [0.4, 0.5) is 0 Å². The summed E-state index contributed by atoms with van der Waals surface area (Å²) in [7, 11) is 3.29. The van der Waals surface area contributed by atoms with Crippen LogP contribution in [-0.4, -0.2) is 44.7 Å². The average Bonchev–Trinajstić information content (AvgIpc) is 3.23. The third kappa shape index (κ3) is 5.01. The summed E-state index contributed by atoms with van der Waals surface area (Å²) in [4.78, 5) is 14.8. The molecule has 2 aromatic rings. The first-order valence-corrected chi connectivity index (χ1v) is 9.48. The maximum absolute atomic E-state index is 12.4. The van der Waals surface area contributed by atoms with Gasteiger partial charge in [0.05, 0.1) is 26.7 Å². The van der Waals surface area contributed by atoms with Gasteiger partial charge in [-0.1, -0.05) is 36.4 Å². The topological polar surface area (TPSA) is 50.8 Å². The summed E-state index contributed by atoms with van der Waals surface area (Å²) in [5.74, 6) is 1.48. The fraction of sp³-hybridized carbons (Fsp3) is 0.409. The molecule has 0 bridgehead atoms. The van der Waals surface area contributed by atoms with E-state index in [0.717, 1.165) is 35.7 Å². The van der Waals surface area contributed by atoms with Crippen LogP contribution < -0.4 is 14.8 Å². The Morgan fingerprint density at radius 1 is 1.04 bits per heavy atom. The first kappa shape index (κ1) is 19.2. The minimum Gasteiger partial charge on any atom is -0.493 e. The quantitative estimate of drug-likeness (QED) is 0.777. The van der Waals surface area contributed by atoms with Crippen molar-refractivity contribution in [2.45, 2.75) is 25.3 Å². The Morgan fingerprint density at radius 3 is 2.41 bits per heavy atom. The highest BCUT2D eigenvalue weighted by molar-refractivity contribution is 5.78. The van der Waals surface area contributed by atoms with Crippen molar-refractivity contribution in [1.82, 2.24) is 10.2 Å². The Hall–Kier alpha value is -2.53. The van der Waals surface area contributed by atoms with Gasteiger partial charge < -0.3 is 14.8 Å². The van der Waals surface area contributed by atoms with Gasteiger partial charge in [-0.2, -0.15) is 0 Å². The number of rotatable bonds is 8. The summed E-state index contributed by atoms with van der Waals surface area (Å²) in [6, 6.07) is 16.0. The SMILES string of the molecule is COc1ccc(C(CNC(=O)Cc2ccccc2)N2CCCC2)cc1OC. The second kappa shape index (κ2) is 9.42. The van der Waals surface area contributed by atoms with E-state index in [1.165, 1.54) is 12.8 Å². The fourth-order valence-electron chi connectivity index (χ4n) is 3.63. The summed E-state index contributed by atoms with van der Waals surface area (Å²) >= 11 is 0. The lowest BCUT2D eigenvalue weighted by Gasteiger charge is -2.28. The van der Waals surface area contributed by atoms with Crippen LogP contribution in [0.5, 0.6) is 11.5 Å². The Labute approximate surface area is 161 Å². The van der Waals surface area contributed by atoms with Crippen molar-refractivity contribution < 1.29 is 14.3 Å². The van der Waals surface area contributed by atoms with Gasteiger partial charge in [-0.3, -0.25) is 9.69 Å². The van der Waals surface area contributed by atoms with E-state index in [-0.39, 0.29) is 11.9 Å². The number of nitrogens with zero attached hydrogens (tertiary/aromatic N) is 1. The van der Waals surface area contributed by atoms with E-state index in [2.05, 4.69) is 16.3 Å². The summed E-state index contributed by atoms with van der Waals surface area (Å²) in [6.07, 6.45) is 2.79. The van der Waals surface area contributed by atoms with E-state index < -0.39 is 0 Å². The molecule has 1 heterocycles.